The second-order valence-electron chi connectivity index (χ2n) is 4.15. The molecule has 0 amide bonds. The van der Waals surface area contributed by atoms with Crippen molar-refractivity contribution in [2.24, 2.45) is 0 Å². The van der Waals surface area contributed by atoms with Gasteiger partial charge in [-0.15, -0.1) is 0 Å². The van der Waals surface area contributed by atoms with Gasteiger partial charge in [0.15, 0.2) is 0 Å². The molecule has 0 aromatic carbocycles. The number of nitrogens with one attached hydrogen (secondary N) is 3. The van der Waals surface area contributed by atoms with Gasteiger partial charge in [0, 0.05) is 6.54 Å². The van der Waals surface area contributed by atoms with Crippen LogP contribution in [0.3, 0.4) is 0 Å². The highest BCUT2D eigenvalue weighted by Gasteiger charge is 2.10. The Hall–Kier alpha value is -0.190. The zero-order chi connectivity index (χ0) is 14.8. The van der Waals surface area contributed by atoms with Gasteiger partial charge >= 0.3 is 0 Å². The van der Waals surface area contributed by atoms with Gasteiger partial charge < -0.3 is 16.0 Å². The molecule has 3 N–H and O–H groups in total. The van der Waals surface area contributed by atoms with Gasteiger partial charge in [-0.25, -0.2) is 4.39 Å². The Balaban J connectivity index is 0. The molecule has 3 fully saturated rings. The molecule has 3 aliphatic heterocycles. The summed E-state index contributed by atoms with van der Waals surface area (Å²) in [4.78, 5) is 0. The Morgan fingerprint density at radius 1 is 0.684 bits per heavy atom. The molecule has 19 heavy (non-hydrogen) atoms. The molecule has 0 saturated carbocycles. The molecule has 1 unspecified atom stereocenters. The standard InChI is InChI=1S/C4H8FN.C4H9N.C3H7N.2C2H6/c5-4-1-2-6-3-4;1-2-4-5-3-1;1-2-4-3-1;2*1-2/h4,6H,1-3H2;5H,1-4H2;4H,1-3H2;2*1-2H3. The molecule has 0 aromatic heterocycles. The lowest BCUT2D eigenvalue weighted by molar-refractivity contribution is 0.361. The molecular weight excluding hydrogens is 241 g/mol. The third kappa shape index (κ3) is 17.8. The second kappa shape index (κ2) is 20.1. The molecule has 0 aliphatic carbocycles. The Bertz CT molecular complexity index is 120. The van der Waals surface area contributed by atoms with E-state index in [0.29, 0.717) is 13.0 Å². The molecule has 4 heteroatoms. The molecule has 118 valence electrons. The molecule has 3 heterocycles. The Morgan fingerprint density at radius 3 is 1.21 bits per heavy atom. The maximum atomic E-state index is 11.9. The smallest absolute Gasteiger partial charge is 0.114 e. The molecule has 0 aromatic rings. The van der Waals surface area contributed by atoms with Gasteiger partial charge in [0.05, 0.1) is 0 Å². The van der Waals surface area contributed by atoms with Crippen molar-refractivity contribution in [3.05, 3.63) is 0 Å². The van der Waals surface area contributed by atoms with Crippen molar-refractivity contribution in [3.8, 4) is 0 Å². The summed E-state index contributed by atoms with van der Waals surface area (Å²) in [7, 11) is 0. The molecule has 3 rings (SSSR count). The van der Waals surface area contributed by atoms with Crippen LogP contribution < -0.4 is 16.0 Å². The highest BCUT2D eigenvalue weighted by atomic mass is 19.1. The first-order valence-electron chi connectivity index (χ1n) is 8.16. The molecular formula is C15H36FN3. The van der Waals surface area contributed by atoms with Crippen LogP contribution >= 0.6 is 0 Å². The van der Waals surface area contributed by atoms with Crippen molar-refractivity contribution in [1.29, 1.82) is 0 Å². The van der Waals surface area contributed by atoms with E-state index in [4.69, 9.17) is 0 Å². The van der Waals surface area contributed by atoms with Crippen LogP contribution in [0.15, 0.2) is 0 Å². The van der Waals surface area contributed by atoms with Gasteiger partial charge in [0.1, 0.15) is 6.17 Å². The molecule has 0 radical (unpaired) electrons. The second-order valence-corrected chi connectivity index (χ2v) is 4.15. The average molecular weight is 277 g/mol. The first kappa shape index (κ1) is 21.1. The van der Waals surface area contributed by atoms with Crippen molar-refractivity contribution in [2.45, 2.75) is 59.5 Å². The summed E-state index contributed by atoms with van der Waals surface area (Å²) in [5, 5.41) is 9.23. The number of alkyl halides is 1. The normalized spacial score (nSPS) is 22.9. The van der Waals surface area contributed by atoms with E-state index in [2.05, 4.69) is 16.0 Å². The highest BCUT2D eigenvalue weighted by molar-refractivity contribution is 4.68. The van der Waals surface area contributed by atoms with E-state index >= 15 is 0 Å². The molecule has 0 bridgehead atoms. The lowest BCUT2D eigenvalue weighted by Gasteiger charge is -2.09. The summed E-state index contributed by atoms with van der Waals surface area (Å²) in [6.45, 7) is 14.4. The minimum absolute atomic E-state index is 0.565. The predicted octanol–water partition coefficient (Wildman–Crippen LogP) is 2.72. The third-order valence-corrected chi connectivity index (χ3v) is 2.66. The van der Waals surface area contributed by atoms with E-state index < -0.39 is 6.17 Å². The Kier molecular flexibility index (Phi) is 22.4. The number of hydrogen-bond donors (Lipinski definition) is 3. The zero-order valence-electron chi connectivity index (χ0n) is 13.5. The fourth-order valence-electron chi connectivity index (χ4n) is 1.42. The van der Waals surface area contributed by atoms with E-state index in [0.717, 1.165) is 6.54 Å². The third-order valence-electron chi connectivity index (χ3n) is 2.66. The molecule has 1 atom stereocenters. The maximum Gasteiger partial charge on any atom is 0.114 e. The number of hydrogen-bond acceptors (Lipinski definition) is 3. The van der Waals surface area contributed by atoms with Gasteiger partial charge in [0.25, 0.3) is 0 Å². The lowest BCUT2D eigenvalue weighted by atomic mass is 10.3. The van der Waals surface area contributed by atoms with E-state index in [1.54, 1.807) is 0 Å². The predicted molar refractivity (Wildman–Crippen MR) is 84.7 cm³/mol. The van der Waals surface area contributed by atoms with Crippen LogP contribution in [0.4, 0.5) is 4.39 Å². The van der Waals surface area contributed by atoms with Crippen molar-refractivity contribution in [1.82, 2.24) is 16.0 Å². The maximum absolute atomic E-state index is 11.9. The van der Waals surface area contributed by atoms with Gasteiger partial charge in [-0.2, -0.15) is 0 Å². The molecule has 3 aliphatic rings. The van der Waals surface area contributed by atoms with Gasteiger partial charge in [-0.1, -0.05) is 27.7 Å². The van der Waals surface area contributed by atoms with Gasteiger partial charge in [0.2, 0.25) is 0 Å². The summed E-state index contributed by atoms with van der Waals surface area (Å²) in [6, 6.07) is 0. The van der Waals surface area contributed by atoms with Crippen LogP contribution in [0.2, 0.25) is 0 Å². The van der Waals surface area contributed by atoms with Gasteiger partial charge in [-0.3, -0.25) is 0 Å². The minimum Gasteiger partial charge on any atom is -0.317 e. The summed E-state index contributed by atoms with van der Waals surface area (Å²) in [5.41, 5.74) is 0. The monoisotopic (exact) mass is 277 g/mol. The largest absolute Gasteiger partial charge is 0.317 e. The molecule has 3 saturated heterocycles. The minimum atomic E-state index is -0.565. The van der Waals surface area contributed by atoms with Crippen LogP contribution in [0, 0.1) is 0 Å². The summed E-state index contributed by atoms with van der Waals surface area (Å²) >= 11 is 0. The first-order valence-corrected chi connectivity index (χ1v) is 8.16. The average Bonchev–Trinajstić information content (AvgIpc) is 3.07. The quantitative estimate of drug-likeness (QED) is 0.637. The van der Waals surface area contributed by atoms with Gasteiger partial charge in [-0.05, 0) is 58.4 Å². The fourth-order valence-corrected chi connectivity index (χ4v) is 1.42. The lowest BCUT2D eigenvalue weighted by Crippen LogP contribution is -2.29. The topological polar surface area (TPSA) is 36.1 Å². The zero-order valence-corrected chi connectivity index (χ0v) is 13.5. The van der Waals surface area contributed by atoms with Crippen molar-refractivity contribution >= 4 is 0 Å². The SMILES string of the molecule is C1CCNC1.C1CNC1.CC.CC.FC1CCNC1. The highest BCUT2D eigenvalue weighted by Crippen LogP contribution is 1.99. The first-order chi connectivity index (χ1) is 9.39. The van der Waals surface area contributed by atoms with Crippen molar-refractivity contribution < 1.29 is 4.39 Å². The van der Waals surface area contributed by atoms with Crippen LogP contribution in [0.1, 0.15) is 53.4 Å². The van der Waals surface area contributed by atoms with Crippen LogP contribution in [0.25, 0.3) is 0 Å². The Labute approximate surface area is 120 Å². The van der Waals surface area contributed by atoms with E-state index in [1.165, 1.54) is 45.4 Å². The van der Waals surface area contributed by atoms with E-state index in [-0.39, 0.29) is 0 Å². The molecule has 3 nitrogen and oxygen atoms in total. The Morgan fingerprint density at radius 2 is 1.11 bits per heavy atom. The van der Waals surface area contributed by atoms with E-state index in [1.807, 2.05) is 27.7 Å². The van der Waals surface area contributed by atoms with Crippen molar-refractivity contribution in [3.63, 3.8) is 0 Å². The van der Waals surface area contributed by atoms with E-state index in [9.17, 15) is 4.39 Å². The summed E-state index contributed by atoms with van der Waals surface area (Å²) in [5.74, 6) is 0. The fraction of sp³-hybridized carbons (Fsp3) is 1.00. The number of rotatable bonds is 0. The summed E-state index contributed by atoms with van der Waals surface area (Å²) in [6.07, 6.45) is 4.31. The van der Waals surface area contributed by atoms with Crippen LogP contribution in [-0.4, -0.2) is 45.4 Å². The number of halogens is 1. The van der Waals surface area contributed by atoms with Crippen molar-refractivity contribution in [2.75, 3.05) is 39.3 Å². The summed E-state index contributed by atoms with van der Waals surface area (Å²) < 4.78 is 11.9. The van der Waals surface area contributed by atoms with Crippen LogP contribution in [-0.2, 0) is 0 Å². The molecule has 0 spiro atoms. The van der Waals surface area contributed by atoms with Crippen LogP contribution in [0.5, 0.6) is 0 Å².